The lowest BCUT2D eigenvalue weighted by Gasteiger charge is -2.14. The molecule has 254 valence electrons. The van der Waals surface area contributed by atoms with Gasteiger partial charge >= 0.3 is 5.97 Å². The van der Waals surface area contributed by atoms with Crippen molar-refractivity contribution in [3.8, 4) is 0 Å². The van der Waals surface area contributed by atoms with Crippen molar-refractivity contribution in [1.29, 1.82) is 0 Å². The van der Waals surface area contributed by atoms with E-state index in [0.29, 0.717) is 6.29 Å². The number of carbonyl (C=O) groups excluding carboxylic acids is 4. The fraction of sp³-hybridized carbons (Fsp3) is 0.788. The highest BCUT2D eigenvalue weighted by atomic mass is 16.5. The summed E-state index contributed by atoms with van der Waals surface area (Å²) in [6.45, 7) is 6.68. The molecule has 44 heavy (non-hydrogen) atoms. The van der Waals surface area contributed by atoms with Crippen LogP contribution in [0.1, 0.15) is 122 Å². The summed E-state index contributed by atoms with van der Waals surface area (Å²) in [6.07, 6.45) is 19.0. The summed E-state index contributed by atoms with van der Waals surface area (Å²) in [6, 6.07) is -1.10. The predicted molar refractivity (Wildman–Crippen MR) is 171 cm³/mol. The Morgan fingerprint density at radius 3 is 1.73 bits per heavy atom. The highest BCUT2D eigenvalue weighted by Gasteiger charge is 2.20. The maximum atomic E-state index is 12.2. The number of carboxylic acids is 1. The Morgan fingerprint density at radius 2 is 1.20 bits per heavy atom. The average molecular weight is 626 g/mol. The Bertz CT molecular complexity index is 806. The van der Waals surface area contributed by atoms with E-state index in [0.717, 1.165) is 32.1 Å². The number of aldehydes is 1. The highest BCUT2D eigenvalue weighted by Crippen LogP contribution is 2.14. The first-order valence-electron chi connectivity index (χ1n) is 16.5. The van der Waals surface area contributed by atoms with E-state index in [1.165, 1.54) is 69.8 Å². The maximum Gasteiger partial charge on any atom is 0.326 e. The summed E-state index contributed by atoms with van der Waals surface area (Å²) in [4.78, 5) is 57.2. The quantitative estimate of drug-likeness (QED) is 0.0479. The van der Waals surface area contributed by atoms with E-state index in [1.807, 2.05) is 0 Å². The summed E-state index contributed by atoms with van der Waals surface area (Å²) in [5, 5.41) is 16.9. The van der Waals surface area contributed by atoms with Gasteiger partial charge in [-0.25, -0.2) is 4.79 Å². The highest BCUT2D eigenvalue weighted by molar-refractivity contribution is 5.84. The Hall–Kier alpha value is -2.79. The van der Waals surface area contributed by atoms with Gasteiger partial charge in [0.1, 0.15) is 18.9 Å². The molecule has 11 nitrogen and oxygen atoms in total. The minimum Gasteiger partial charge on any atom is -0.480 e. The van der Waals surface area contributed by atoms with Crippen LogP contribution in [-0.2, 0) is 33.4 Å². The third-order valence-corrected chi connectivity index (χ3v) is 7.11. The third-order valence-electron chi connectivity index (χ3n) is 7.11. The second-order valence-corrected chi connectivity index (χ2v) is 11.4. The zero-order valence-corrected chi connectivity index (χ0v) is 27.1. The van der Waals surface area contributed by atoms with E-state index in [1.54, 1.807) is 0 Å². The van der Waals surface area contributed by atoms with E-state index in [4.69, 9.17) is 9.47 Å². The van der Waals surface area contributed by atoms with Gasteiger partial charge in [0, 0.05) is 19.4 Å². The predicted octanol–water partition coefficient (Wildman–Crippen LogP) is 4.62. The van der Waals surface area contributed by atoms with Crippen LogP contribution < -0.4 is 16.0 Å². The zero-order chi connectivity index (χ0) is 32.7. The molecule has 0 aliphatic rings. The minimum atomic E-state index is -1.16. The molecular weight excluding hydrogens is 566 g/mol. The normalized spacial score (nSPS) is 11.5. The minimum absolute atomic E-state index is 0.00320. The largest absolute Gasteiger partial charge is 0.480 e. The van der Waals surface area contributed by atoms with E-state index in [2.05, 4.69) is 29.5 Å². The van der Waals surface area contributed by atoms with Crippen molar-refractivity contribution in [1.82, 2.24) is 16.0 Å². The van der Waals surface area contributed by atoms with Crippen LogP contribution in [0.25, 0.3) is 0 Å². The summed E-state index contributed by atoms with van der Waals surface area (Å²) in [5.41, 5.74) is 1.29. The molecule has 0 rings (SSSR count). The zero-order valence-electron chi connectivity index (χ0n) is 27.1. The second-order valence-electron chi connectivity index (χ2n) is 11.4. The van der Waals surface area contributed by atoms with Gasteiger partial charge < -0.3 is 35.3 Å². The van der Waals surface area contributed by atoms with Crippen LogP contribution in [-0.4, -0.2) is 80.6 Å². The van der Waals surface area contributed by atoms with Crippen LogP contribution in [0.2, 0.25) is 0 Å². The van der Waals surface area contributed by atoms with Crippen molar-refractivity contribution in [2.75, 3.05) is 39.5 Å². The molecule has 0 aromatic heterocycles. The van der Waals surface area contributed by atoms with Crippen molar-refractivity contribution in [2.45, 2.75) is 129 Å². The molecule has 0 spiro atoms. The summed E-state index contributed by atoms with van der Waals surface area (Å²) >= 11 is 0. The molecule has 1 atom stereocenters. The van der Waals surface area contributed by atoms with Gasteiger partial charge in [-0.05, 0) is 32.6 Å². The molecule has 3 amide bonds. The number of ether oxygens (including phenoxy) is 2. The number of nitrogens with one attached hydrogen (secondary N) is 3. The van der Waals surface area contributed by atoms with Crippen LogP contribution in [0, 0.1) is 0 Å². The molecule has 4 N–H and O–H groups in total. The molecule has 0 fully saturated rings. The van der Waals surface area contributed by atoms with Crippen LogP contribution in [0.5, 0.6) is 0 Å². The number of amides is 3. The van der Waals surface area contributed by atoms with E-state index in [-0.39, 0.29) is 70.6 Å². The van der Waals surface area contributed by atoms with Gasteiger partial charge in [0.2, 0.25) is 17.7 Å². The summed E-state index contributed by atoms with van der Waals surface area (Å²) in [5.74, 6) is -2.19. The lowest BCUT2D eigenvalue weighted by molar-refractivity contribution is -0.142. The molecule has 0 aromatic rings. The van der Waals surface area contributed by atoms with E-state index >= 15 is 0 Å². The third kappa shape index (κ3) is 29.3. The van der Waals surface area contributed by atoms with Gasteiger partial charge in [-0.3, -0.25) is 14.4 Å². The molecule has 0 unspecified atom stereocenters. The summed E-state index contributed by atoms with van der Waals surface area (Å²) in [7, 11) is 0. The smallest absolute Gasteiger partial charge is 0.326 e. The lowest BCUT2D eigenvalue weighted by Crippen LogP contribution is -2.41. The van der Waals surface area contributed by atoms with Gasteiger partial charge in [0.05, 0.1) is 26.4 Å². The Kier molecular flexibility index (Phi) is 28.3. The molecule has 0 radical (unpaired) electrons. The van der Waals surface area contributed by atoms with Crippen LogP contribution in [0.4, 0.5) is 0 Å². The number of unbranched alkanes of at least 4 members (excludes halogenated alkanes) is 13. The fourth-order valence-electron chi connectivity index (χ4n) is 4.58. The van der Waals surface area contributed by atoms with Gasteiger partial charge in [-0.15, -0.1) is 6.58 Å². The van der Waals surface area contributed by atoms with Crippen molar-refractivity contribution < 1.29 is 38.6 Å². The van der Waals surface area contributed by atoms with Crippen molar-refractivity contribution in [2.24, 2.45) is 0 Å². The van der Waals surface area contributed by atoms with Gasteiger partial charge in [-0.1, -0.05) is 82.6 Å². The monoisotopic (exact) mass is 625 g/mol. The molecule has 11 heteroatoms. The van der Waals surface area contributed by atoms with Crippen molar-refractivity contribution in [3.63, 3.8) is 0 Å². The lowest BCUT2D eigenvalue weighted by atomic mass is 10.0. The number of rotatable bonds is 32. The molecule has 0 aliphatic carbocycles. The Morgan fingerprint density at radius 1 is 0.682 bits per heavy atom. The van der Waals surface area contributed by atoms with Crippen molar-refractivity contribution >= 4 is 30.0 Å². The molecule has 0 heterocycles. The fourth-order valence-corrected chi connectivity index (χ4v) is 4.58. The van der Waals surface area contributed by atoms with Crippen LogP contribution in [0.3, 0.4) is 0 Å². The van der Waals surface area contributed by atoms with Gasteiger partial charge in [0.15, 0.2) is 0 Å². The standard InChI is InChI=1S/C33H59N3O8/c1-28(2)17-15-13-11-9-7-5-3-4-6-8-10-12-14-16-18-31(39)36-29(33(41)42)19-20-30(38)35-22-24-43-25-26-44-27-32(40)34-21-23-37/h23,29H,1,3-22,24-27H2,2H3,(H,34,40)(H,35,38)(H,36,39)(H,41,42)/t29-/m0/s1. The molecule has 0 aromatic carbocycles. The number of allylic oxidation sites excluding steroid dienone is 1. The SMILES string of the molecule is C=C(C)CCCCCCCCCCCCCCCCC(=O)N[C@@H](CCC(=O)NCCOCCOCC(=O)NCC=O)C(=O)O. The van der Waals surface area contributed by atoms with E-state index in [9.17, 15) is 29.1 Å². The van der Waals surface area contributed by atoms with Gasteiger partial charge in [0.25, 0.3) is 0 Å². The van der Waals surface area contributed by atoms with Gasteiger partial charge in [-0.2, -0.15) is 0 Å². The number of hydrogen-bond donors (Lipinski definition) is 4. The maximum absolute atomic E-state index is 12.2. The number of carbonyl (C=O) groups is 5. The molecule has 0 saturated carbocycles. The molecule has 0 aliphatic heterocycles. The Balaban J connectivity index is 3.68. The molecule has 0 bridgehead atoms. The second kappa shape index (κ2) is 30.2. The van der Waals surface area contributed by atoms with Crippen LogP contribution in [0.15, 0.2) is 12.2 Å². The first-order valence-corrected chi connectivity index (χ1v) is 16.5. The Labute approximate surface area is 264 Å². The first kappa shape index (κ1) is 41.2. The molecular formula is C33H59N3O8. The van der Waals surface area contributed by atoms with Crippen LogP contribution >= 0.6 is 0 Å². The van der Waals surface area contributed by atoms with Crippen molar-refractivity contribution in [3.05, 3.63) is 12.2 Å². The number of aliphatic carboxylic acids is 1. The average Bonchev–Trinajstić information content (AvgIpc) is 2.98. The topological polar surface area (TPSA) is 160 Å². The van der Waals surface area contributed by atoms with E-state index < -0.39 is 17.9 Å². The number of carboxylic acid groups (broad SMARTS) is 1. The first-order chi connectivity index (χ1) is 21.3. The molecule has 0 saturated heterocycles. The number of hydrogen-bond acceptors (Lipinski definition) is 7. The summed E-state index contributed by atoms with van der Waals surface area (Å²) < 4.78 is 10.4.